The summed E-state index contributed by atoms with van der Waals surface area (Å²) >= 11 is 1.04. The number of thiazole rings is 1. The van der Waals surface area contributed by atoms with Crippen molar-refractivity contribution in [1.29, 1.82) is 0 Å². The van der Waals surface area contributed by atoms with Crippen molar-refractivity contribution in [3.8, 4) is 0 Å². The first-order valence-corrected chi connectivity index (χ1v) is 27.3. The number of pyridine rings is 1. The highest BCUT2D eigenvalue weighted by Gasteiger charge is 2.39. The Balaban J connectivity index is 1.71. The van der Waals surface area contributed by atoms with Gasteiger partial charge in [0.1, 0.15) is 29.5 Å². The molecule has 1 fully saturated rings. The van der Waals surface area contributed by atoms with E-state index in [1.807, 2.05) is 46.6 Å². The number of rotatable bonds is 28. The third-order valence-corrected chi connectivity index (χ3v) is 15.4. The molecule has 0 aliphatic carbocycles. The molecule has 5 amide bonds. The van der Waals surface area contributed by atoms with Crippen molar-refractivity contribution in [1.82, 2.24) is 41.3 Å². The van der Waals surface area contributed by atoms with Crippen LogP contribution in [0.2, 0.25) is 0 Å². The number of ether oxygens (including phenoxy) is 2. The predicted molar refractivity (Wildman–Crippen MR) is 272 cm³/mol. The number of carbonyl (C=O) groups is 6. The highest BCUT2D eigenvalue weighted by atomic mass is 33.1. The lowest BCUT2D eigenvalue weighted by molar-refractivity contribution is -0.388. The first-order chi connectivity index (χ1) is 33.7. The standard InChI is InChI=1S/C47H73N9O12S3/c1-10-16-39(59)68-27-55(46(63)40(29(6)11-2)51-43(62)35-17-13-14-20-54(35)9)37(28(4)5)25-38(58)45-50-34(26-69-45)42(61)49-33(24-32(12-3)31(8)57)23-30(7)41(60)52-53-47(64)67-21-22-70-71-44-36(56(65)66)18-15-19-48-44/h12,15,18-19,26,28-31,33,35,37-38,40,57-58H,10-11,13-14,16-17,20-25,27H2,1-9H3,(H,49,61)(H,51,62)(H,52,60)(H,53,64)/b32-12-/t29?,30-,31+,33+,35+,37-,38+,40-/m0/s1. The summed E-state index contributed by atoms with van der Waals surface area (Å²) in [5, 5.41) is 41.2. The second-order valence-corrected chi connectivity index (χ2v) is 21.3. The smallest absolute Gasteiger partial charge is 0.426 e. The molecule has 396 valence electrons. The highest BCUT2D eigenvalue weighted by Crippen LogP contribution is 2.35. The summed E-state index contributed by atoms with van der Waals surface area (Å²) in [5.74, 6) is -3.43. The molecular weight excluding hydrogens is 979 g/mol. The van der Waals surface area contributed by atoms with Crippen molar-refractivity contribution in [2.24, 2.45) is 17.8 Å². The topological polar surface area (TPSA) is 285 Å². The van der Waals surface area contributed by atoms with Crippen LogP contribution in [0.15, 0.2) is 40.4 Å². The number of nitrogens with zero attached hydrogens (tertiary/aromatic N) is 5. The SMILES string of the molecule is C/C=C(/C[C@@H](C[C@H](C)C(=O)NNC(=O)OCCSSc1ncccc1[N+](=O)[O-])NC(=O)c1csc([C@H](O)C[C@@H](C(C)C)N(COC(=O)CCC)C(=O)[C@@H](NC(=O)[C@H]2CCCCN2C)C(C)CC)n1)[C@@H](C)O. The fraction of sp³-hybridized carbons (Fsp3) is 0.660. The van der Waals surface area contributed by atoms with Crippen LogP contribution in [-0.4, -0.2) is 134 Å². The number of carbonyl (C=O) groups excluding carboxylic acids is 6. The van der Waals surface area contributed by atoms with Gasteiger partial charge in [0.05, 0.1) is 17.1 Å². The number of allylic oxidation sites excluding steroid dienone is 1. The number of piperidine rings is 1. The van der Waals surface area contributed by atoms with Crippen molar-refractivity contribution in [2.45, 2.75) is 155 Å². The normalized spacial score (nSPS) is 17.1. The van der Waals surface area contributed by atoms with Gasteiger partial charge in [-0.2, -0.15) is 0 Å². The van der Waals surface area contributed by atoms with Gasteiger partial charge in [-0.1, -0.05) is 71.3 Å². The van der Waals surface area contributed by atoms with Gasteiger partial charge in [0, 0.05) is 54.2 Å². The number of esters is 1. The van der Waals surface area contributed by atoms with Crippen molar-refractivity contribution < 1.29 is 53.4 Å². The second kappa shape index (κ2) is 30.9. The van der Waals surface area contributed by atoms with E-state index in [0.29, 0.717) is 24.8 Å². The zero-order valence-corrected chi connectivity index (χ0v) is 44.7. The minimum Gasteiger partial charge on any atom is -0.447 e. The Hall–Kier alpha value is -4.88. The molecule has 1 saturated heterocycles. The zero-order chi connectivity index (χ0) is 52.8. The number of amides is 5. The van der Waals surface area contributed by atoms with Crippen LogP contribution >= 0.6 is 32.9 Å². The lowest BCUT2D eigenvalue weighted by atomic mass is 9.92. The fourth-order valence-corrected chi connectivity index (χ4v) is 10.5. The summed E-state index contributed by atoms with van der Waals surface area (Å²) < 4.78 is 10.7. The zero-order valence-electron chi connectivity index (χ0n) is 42.2. The van der Waals surface area contributed by atoms with E-state index in [-0.39, 0.29) is 83.2 Å². The van der Waals surface area contributed by atoms with E-state index in [1.54, 1.807) is 26.8 Å². The minimum absolute atomic E-state index is 0.0146. The third kappa shape index (κ3) is 19.6. The van der Waals surface area contributed by atoms with Crippen LogP contribution in [0, 0.1) is 27.9 Å². The number of hydrazine groups is 1. The molecule has 8 atom stereocenters. The van der Waals surface area contributed by atoms with Gasteiger partial charge in [-0.3, -0.25) is 44.4 Å². The number of aliphatic hydroxyl groups excluding tert-OH is 2. The average molecular weight is 1050 g/mol. The molecule has 0 bridgehead atoms. The van der Waals surface area contributed by atoms with E-state index < -0.39 is 77.7 Å². The molecular formula is C47H73N9O12S3. The van der Waals surface area contributed by atoms with Gasteiger partial charge in [0.2, 0.25) is 17.7 Å². The van der Waals surface area contributed by atoms with Gasteiger partial charge in [0.25, 0.3) is 5.91 Å². The van der Waals surface area contributed by atoms with Gasteiger partial charge in [-0.25, -0.2) is 20.2 Å². The molecule has 24 heteroatoms. The molecule has 3 heterocycles. The van der Waals surface area contributed by atoms with Gasteiger partial charge in [0.15, 0.2) is 11.8 Å². The van der Waals surface area contributed by atoms with Crippen LogP contribution in [0.5, 0.6) is 0 Å². The van der Waals surface area contributed by atoms with Crippen molar-refractivity contribution in [3.63, 3.8) is 0 Å². The lowest BCUT2D eigenvalue weighted by Crippen LogP contribution is -2.59. The van der Waals surface area contributed by atoms with E-state index >= 15 is 0 Å². The summed E-state index contributed by atoms with van der Waals surface area (Å²) in [6.45, 7) is 14.6. The Morgan fingerprint density at radius 3 is 2.42 bits per heavy atom. The van der Waals surface area contributed by atoms with Crippen LogP contribution in [0.4, 0.5) is 10.5 Å². The number of aliphatic hydroxyl groups is 2. The van der Waals surface area contributed by atoms with Gasteiger partial charge in [-0.15, -0.1) is 11.3 Å². The molecule has 1 unspecified atom stereocenters. The number of nitrogens with one attached hydrogen (secondary N) is 4. The molecule has 0 saturated carbocycles. The largest absolute Gasteiger partial charge is 0.447 e. The van der Waals surface area contributed by atoms with E-state index in [1.165, 1.54) is 39.4 Å². The van der Waals surface area contributed by atoms with Gasteiger partial charge < -0.3 is 35.2 Å². The molecule has 1 aliphatic rings. The Labute approximate surface area is 428 Å². The number of aromatic nitrogens is 2. The fourth-order valence-electron chi connectivity index (χ4n) is 7.82. The van der Waals surface area contributed by atoms with Crippen LogP contribution in [0.25, 0.3) is 0 Å². The first-order valence-electron chi connectivity index (χ1n) is 24.1. The maximum atomic E-state index is 14.7. The van der Waals surface area contributed by atoms with E-state index in [2.05, 4.69) is 31.5 Å². The summed E-state index contributed by atoms with van der Waals surface area (Å²) in [6.07, 6.45) is 4.10. The van der Waals surface area contributed by atoms with Gasteiger partial charge in [-0.05, 0) is 93.8 Å². The monoisotopic (exact) mass is 1050 g/mol. The Morgan fingerprint density at radius 1 is 1.06 bits per heavy atom. The molecule has 0 spiro atoms. The molecule has 6 N–H and O–H groups in total. The molecule has 2 aromatic heterocycles. The molecule has 1 aliphatic heterocycles. The maximum absolute atomic E-state index is 14.7. The van der Waals surface area contributed by atoms with Crippen LogP contribution in [0.3, 0.4) is 0 Å². The van der Waals surface area contributed by atoms with Crippen LogP contribution < -0.4 is 21.5 Å². The van der Waals surface area contributed by atoms with Crippen molar-refractivity contribution in [2.75, 3.05) is 32.7 Å². The highest BCUT2D eigenvalue weighted by molar-refractivity contribution is 8.76. The van der Waals surface area contributed by atoms with E-state index in [4.69, 9.17) is 9.47 Å². The predicted octanol–water partition coefficient (Wildman–Crippen LogP) is 6.08. The van der Waals surface area contributed by atoms with Crippen molar-refractivity contribution in [3.05, 3.63) is 56.2 Å². The number of hydrogen-bond donors (Lipinski definition) is 6. The van der Waals surface area contributed by atoms with Crippen LogP contribution in [0.1, 0.15) is 135 Å². The Bertz CT molecular complexity index is 2110. The van der Waals surface area contributed by atoms with E-state index in [0.717, 1.165) is 41.5 Å². The Morgan fingerprint density at radius 2 is 1.79 bits per heavy atom. The van der Waals surface area contributed by atoms with Crippen molar-refractivity contribution >= 4 is 74.3 Å². The molecule has 2 aromatic rings. The second-order valence-electron chi connectivity index (χ2n) is 18.0. The molecule has 0 radical (unpaired) electrons. The third-order valence-electron chi connectivity index (χ3n) is 12.2. The average Bonchev–Trinajstić information content (AvgIpc) is 3.84. The van der Waals surface area contributed by atoms with Gasteiger partial charge >= 0.3 is 17.7 Å². The number of hydrogen-bond acceptors (Lipinski definition) is 18. The first kappa shape index (κ1) is 60.4. The molecule has 71 heavy (non-hydrogen) atoms. The summed E-state index contributed by atoms with van der Waals surface area (Å²) in [6, 6.07) is 0.0769. The number of nitro groups is 1. The summed E-state index contributed by atoms with van der Waals surface area (Å²) in [5.41, 5.74) is 4.95. The minimum atomic E-state index is -1.26. The van der Waals surface area contributed by atoms with E-state index in [9.17, 15) is 49.1 Å². The lowest BCUT2D eigenvalue weighted by Gasteiger charge is -2.39. The quantitative estimate of drug-likeness (QED) is 0.0107. The molecule has 21 nitrogen and oxygen atoms in total. The maximum Gasteiger partial charge on any atom is 0.426 e. The number of likely N-dealkylation sites (tertiary alicyclic amines) is 1. The summed E-state index contributed by atoms with van der Waals surface area (Å²) in [7, 11) is 4.15. The summed E-state index contributed by atoms with van der Waals surface area (Å²) in [4.78, 5) is 103. The van der Waals surface area contributed by atoms with Crippen LogP contribution in [-0.2, 0) is 28.7 Å². The molecule has 0 aromatic carbocycles. The molecule has 3 rings (SSSR count). The Kier molecular flexibility index (Phi) is 26.3. The number of likely N-dealkylation sites (N-methyl/N-ethyl adjacent to an activating group) is 1.